The van der Waals surface area contributed by atoms with Crippen molar-refractivity contribution in [1.29, 1.82) is 0 Å². The van der Waals surface area contributed by atoms with Gasteiger partial charge in [0.2, 0.25) is 0 Å². The van der Waals surface area contributed by atoms with Crippen molar-refractivity contribution in [2.45, 2.75) is 19.8 Å². The Hall–Kier alpha value is -1.85. The number of benzene rings is 2. The average Bonchev–Trinajstić information content (AvgIpc) is 3.09. The third kappa shape index (κ3) is 3.70. The maximum atomic E-state index is 6.34. The van der Waals surface area contributed by atoms with E-state index in [-0.39, 0.29) is 0 Å². The average molecular weight is 449 g/mol. The van der Waals surface area contributed by atoms with Gasteiger partial charge < -0.3 is 5.32 Å². The van der Waals surface area contributed by atoms with Crippen molar-refractivity contribution in [3.63, 3.8) is 0 Å². The molecule has 142 valence electrons. The standard InChI is InChI=1S/C21H16Cl3N3S/c1-11(2)12-3-5-13(6-4-12)15-9-28-21-18(15)20(25-10-26-21)27-19-16(23)7-14(22)8-17(19)24/h3-11H,1-2H3,(H,25,26,27). The number of hydrogen-bond acceptors (Lipinski definition) is 4. The Bertz CT molecular complexity index is 1130. The first-order valence-corrected chi connectivity index (χ1v) is 10.7. The molecule has 28 heavy (non-hydrogen) atoms. The van der Waals surface area contributed by atoms with Crippen molar-refractivity contribution >= 4 is 67.9 Å². The highest BCUT2D eigenvalue weighted by atomic mass is 35.5. The molecule has 0 aliphatic heterocycles. The molecule has 0 amide bonds. The number of halogens is 3. The predicted molar refractivity (Wildman–Crippen MR) is 122 cm³/mol. The summed E-state index contributed by atoms with van der Waals surface area (Å²) in [6, 6.07) is 11.9. The van der Waals surface area contributed by atoms with Crippen molar-refractivity contribution in [3.8, 4) is 11.1 Å². The highest BCUT2D eigenvalue weighted by Crippen LogP contribution is 2.40. The summed E-state index contributed by atoms with van der Waals surface area (Å²) < 4.78 is 0. The summed E-state index contributed by atoms with van der Waals surface area (Å²) in [6.07, 6.45) is 1.53. The van der Waals surface area contributed by atoms with E-state index < -0.39 is 0 Å². The first-order chi connectivity index (χ1) is 13.4. The zero-order chi connectivity index (χ0) is 19.8. The monoisotopic (exact) mass is 447 g/mol. The lowest BCUT2D eigenvalue weighted by atomic mass is 9.99. The molecule has 2 aromatic heterocycles. The van der Waals surface area contributed by atoms with Crippen LogP contribution in [0.1, 0.15) is 25.3 Å². The smallest absolute Gasteiger partial charge is 0.143 e. The van der Waals surface area contributed by atoms with Crippen molar-refractivity contribution in [2.24, 2.45) is 0 Å². The molecule has 3 nitrogen and oxygen atoms in total. The van der Waals surface area contributed by atoms with Crippen LogP contribution in [0.3, 0.4) is 0 Å². The van der Waals surface area contributed by atoms with Crippen LogP contribution in [0.4, 0.5) is 11.5 Å². The van der Waals surface area contributed by atoms with Gasteiger partial charge in [-0.2, -0.15) is 0 Å². The van der Waals surface area contributed by atoms with E-state index in [2.05, 4.69) is 58.8 Å². The van der Waals surface area contributed by atoms with Crippen LogP contribution in [0.25, 0.3) is 21.3 Å². The summed E-state index contributed by atoms with van der Waals surface area (Å²) in [6.45, 7) is 4.37. The van der Waals surface area contributed by atoms with Gasteiger partial charge in [0.05, 0.1) is 21.1 Å². The summed E-state index contributed by atoms with van der Waals surface area (Å²) in [5, 5.41) is 7.65. The third-order valence-electron chi connectivity index (χ3n) is 4.51. The molecule has 4 rings (SSSR count). The molecular weight excluding hydrogens is 433 g/mol. The van der Waals surface area contributed by atoms with E-state index in [1.165, 1.54) is 11.9 Å². The van der Waals surface area contributed by atoms with Crippen LogP contribution >= 0.6 is 46.1 Å². The molecule has 0 aliphatic rings. The Kier molecular flexibility index (Phi) is 5.48. The Morgan fingerprint density at radius 3 is 2.29 bits per heavy atom. The quantitative estimate of drug-likeness (QED) is 0.342. The highest BCUT2D eigenvalue weighted by Gasteiger charge is 2.16. The van der Waals surface area contributed by atoms with E-state index in [9.17, 15) is 0 Å². The van der Waals surface area contributed by atoms with Gasteiger partial charge in [0, 0.05) is 16.0 Å². The van der Waals surface area contributed by atoms with Gasteiger partial charge >= 0.3 is 0 Å². The zero-order valence-electron chi connectivity index (χ0n) is 15.1. The van der Waals surface area contributed by atoms with E-state index in [0.717, 1.165) is 21.3 Å². The van der Waals surface area contributed by atoms with E-state index in [1.807, 2.05) is 0 Å². The van der Waals surface area contributed by atoms with E-state index in [0.29, 0.717) is 32.5 Å². The molecule has 7 heteroatoms. The largest absolute Gasteiger partial charge is 0.337 e. The van der Waals surface area contributed by atoms with Crippen LogP contribution in [0.2, 0.25) is 15.1 Å². The van der Waals surface area contributed by atoms with Gasteiger partial charge in [-0.1, -0.05) is 72.9 Å². The van der Waals surface area contributed by atoms with Crippen molar-refractivity contribution in [3.05, 3.63) is 68.7 Å². The lowest BCUT2D eigenvalue weighted by Gasteiger charge is -2.12. The second-order valence-corrected chi connectivity index (χ2v) is 8.81. The lowest BCUT2D eigenvalue weighted by molar-refractivity contribution is 0.867. The van der Waals surface area contributed by atoms with Gasteiger partial charge in [0.1, 0.15) is 17.0 Å². The molecule has 0 saturated heterocycles. The van der Waals surface area contributed by atoms with Crippen molar-refractivity contribution in [1.82, 2.24) is 9.97 Å². The highest BCUT2D eigenvalue weighted by molar-refractivity contribution is 7.17. The Morgan fingerprint density at radius 1 is 0.964 bits per heavy atom. The van der Waals surface area contributed by atoms with Crippen LogP contribution in [0.15, 0.2) is 48.1 Å². The van der Waals surface area contributed by atoms with Gasteiger partial charge in [0.25, 0.3) is 0 Å². The van der Waals surface area contributed by atoms with Gasteiger partial charge in [-0.15, -0.1) is 11.3 Å². The Labute approximate surface area is 182 Å². The fourth-order valence-electron chi connectivity index (χ4n) is 3.01. The fraction of sp³-hybridized carbons (Fsp3) is 0.143. The molecule has 0 spiro atoms. The normalized spacial score (nSPS) is 11.4. The number of hydrogen-bond donors (Lipinski definition) is 1. The second-order valence-electron chi connectivity index (χ2n) is 6.70. The fourth-order valence-corrected chi connectivity index (χ4v) is 4.84. The molecular formula is C21H16Cl3N3S. The maximum absolute atomic E-state index is 6.34. The van der Waals surface area contributed by atoms with Crippen LogP contribution in [0.5, 0.6) is 0 Å². The molecule has 4 aromatic rings. The summed E-state index contributed by atoms with van der Waals surface area (Å²) in [7, 11) is 0. The minimum atomic E-state index is 0.433. The summed E-state index contributed by atoms with van der Waals surface area (Å²) in [5.41, 5.74) is 4.05. The summed E-state index contributed by atoms with van der Waals surface area (Å²) in [4.78, 5) is 9.75. The Balaban J connectivity index is 1.82. The molecule has 2 heterocycles. The maximum Gasteiger partial charge on any atom is 0.143 e. The van der Waals surface area contributed by atoms with E-state index in [4.69, 9.17) is 34.8 Å². The number of nitrogens with one attached hydrogen (secondary N) is 1. The number of anilines is 2. The van der Waals surface area contributed by atoms with Crippen molar-refractivity contribution in [2.75, 3.05) is 5.32 Å². The van der Waals surface area contributed by atoms with Crippen LogP contribution < -0.4 is 5.32 Å². The van der Waals surface area contributed by atoms with Crippen LogP contribution in [-0.2, 0) is 0 Å². The second kappa shape index (κ2) is 7.88. The van der Waals surface area contributed by atoms with Gasteiger partial charge in [-0.05, 0) is 29.2 Å². The minimum Gasteiger partial charge on any atom is -0.337 e. The molecule has 0 bridgehead atoms. The molecule has 0 aliphatic carbocycles. The van der Waals surface area contributed by atoms with E-state index in [1.54, 1.807) is 23.5 Å². The first-order valence-electron chi connectivity index (χ1n) is 8.68. The molecule has 1 N–H and O–H groups in total. The van der Waals surface area contributed by atoms with Gasteiger partial charge in [0.15, 0.2) is 0 Å². The first kappa shape index (κ1) is 19.5. The topological polar surface area (TPSA) is 37.8 Å². The van der Waals surface area contributed by atoms with Gasteiger partial charge in [-0.25, -0.2) is 9.97 Å². The SMILES string of the molecule is CC(C)c1ccc(-c2csc3ncnc(Nc4c(Cl)cc(Cl)cc4Cl)c23)cc1. The predicted octanol–water partition coefficient (Wildman–Crippen LogP) is 8.19. The van der Waals surface area contributed by atoms with Gasteiger partial charge in [-0.3, -0.25) is 0 Å². The number of nitrogens with zero attached hydrogens (tertiary/aromatic N) is 2. The number of thiophene rings is 1. The number of rotatable bonds is 4. The molecule has 0 unspecified atom stereocenters. The Morgan fingerprint density at radius 2 is 1.64 bits per heavy atom. The van der Waals surface area contributed by atoms with E-state index >= 15 is 0 Å². The minimum absolute atomic E-state index is 0.433. The summed E-state index contributed by atoms with van der Waals surface area (Å²) in [5.74, 6) is 1.14. The molecule has 0 atom stereocenters. The summed E-state index contributed by atoms with van der Waals surface area (Å²) >= 11 is 20.3. The van der Waals surface area contributed by atoms with Crippen LogP contribution in [0, 0.1) is 0 Å². The lowest BCUT2D eigenvalue weighted by Crippen LogP contribution is -1.97. The molecule has 0 fully saturated rings. The zero-order valence-corrected chi connectivity index (χ0v) is 18.2. The number of aromatic nitrogens is 2. The molecule has 0 radical (unpaired) electrons. The van der Waals surface area contributed by atoms with Crippen molar-refractivity contribution < 1.29 is 0 Å². The molecule has 0 saturated carbocycles. The number of fused-ring (bicyclic) bond motifs is 1. The third-order valence-corrected chi connectivity index (χ3v) is 6.21. The molecule has 2 aromatic carbocycles. The van der Waals surface area contributed by atoms with Crippen LogP contribution in [-0.4, -0.2) is 9.97 Å².